The SMILES string of the molecule is C[C@H]1C=C(C2CSC(=S)N2)CN1C. The third-order valence-corrected chi connectivity index (χ3v) is 4.05. The molecule has 1 fully saturated rings. The van der Waals surface area contributed by atoms with E-state index in [1.54, 1.807) is 11.8 Å². The molecule has 2 atom stereocenters. The first-order valence-electron chi connectivity index (χ1n) is 4.51. The highest BCUT2D eigenvalue weighted by Crippen LogP contribution is 2.24. The number of thiocarbonyl (C=S) groups is 1. The first-order valence-corrected chi connectivity index (χ1v) is 5.90. The maximum atomic E-state index is 5.10. The van der Waals surface area contributed by atoms with Crippen LogP contribution >= 0.6 is 24.0 Å². The molecule has 0 aliphatic carbocycles. The Kier molecular flexibility index (Phi) is 2.62. The van der Waals surface area contributed by atoms with Crippen molar-refractivity contribution in [1.82, 2.24) is 10.2 Å². The average Bonchev–Trinajstić information content (AvgIpc) is 2.61. The summed E-state index contributed by atoms with van der Waals surface area (Å²) in [6.45, 7) is 3.31. The van der Waals surface area contributed by atoms with Gasteiger partial charge in [0.1, 0.15) is 4.32 Å². The maximum absolute atomic E-state index is 5.10. The molecule has 1 N–H and O–H groups in total. The number of rotatable bonds is 1. The van der Waals surface area contributed by atoms with Crippen molar-refractivity contribution in [3.05, 3.63) is 11.6 Å². The zero-order valence-corrected chi connectivity index (χ0v) is 9.54. The molecule has 1 unspecified atom stereocenters. The topological polar surface area (TPSA) is 15.3 Å². The summed E-state index contributed by atoms with van der Waals surface area (Å²) in [6, 6.07) is 1.07. The van der Waals surface area contributed by atoms with Gasteiger partial charge in [-0.05, 0) is 19.5 Å². The molecule has 72 valence electrons. The van der Waals surface area contributed by atoms with Gasteiger partial charge in [-0.2, -0.15) is 0 Å². The van der Waals surface area contributed by atoms with Gasteiger partial charge in [0.05, 0.1) is 6.04 Å². The summed E-state index contributed by atoms with van der Waals surface area (Å²) in [7, 11) is 2.16. The van der Waals surface area contributed by atoms with Crippen LogP contribution < -0.4 is 5.32 Å². The fourth-order valence-corrected chi connectivity index (χ4v) is 2.92. The summed E-state index contributed by atoms with van der Waals surface area (Å²) < 4.78 is 0.952. The van der Waals surface area contributed by atoms with E-state index >= 15 is 0 Å². The number of likely N-dealkylation sites (N-methyl/N-ethyl adjacent to an activating group) is 1. The normalized spacial score (nSPS) is 34.9. The van der Waals surface area contributed by atoms with Crippen molar-refractivity contribution >= 4 is 28.3 Å². The Hall–Kier alpha value is -0.0600. The van der Waals surface area contributed by atoms with Crippen LogP contribution in [0.4, 0.5) is 0 Å². The van der Waals surface area contributed by atoms with Gasteiger partial charge in [0, 0.05) is 18.3 Å². The third-order valence-electron chi connectivity index (χ3n) is 2.70. The highest BCUT2D eigenvalue weighted by molar-refractivity contribution is 8.23. The highest BCUT2D eigenvalue weighted by Gasteiger charge is 2.27. The highest BCUT2D eigenvalue weighted by atomic mass is 32.2. The summed E-state index contributed by atoms with van der Waals surface area (Å²) in [5.74, 6) is 1.10. The molecule has 0 spiro atoms. The zero-order chi connectivity index (χ0) is 9.42. The molecular weight excluding hydrogens is 200 g/mol. The van der Waals surface area contributed by atoms with Crippen molar-refractivity contribution in [3.63, 3.8) is 0 Å². The van der Waals surface area contributed by atoms with E-state index in [-0.39, 0.29) is 0 Å². The summed E-state index contributed by atoms with van der Waals surface area (Å²) in [5, 5.41) is 3.34. The minimum Gasteiger partial charge on any atom is -0.364 e. The maximum Gasteiger partial charge on any atom is 0.134 e. The summed E-state index contributed by atoms with van der Waals surface area (Å²) in [5.41, 5.74) is 1.50. The Morgan fingerprint density at radius 1 is 1.69 bits per heavy atom. The first kappa shape index (κ1) is 9.49. The minimum atomic E-state index is 0.491. The van der Waals surface area contributed by atoms with Crippen molar-refractivity contribution < 1.29 is 0 Å². The van der Waals surface area contributed by atoms with E-state index in [9.17, 15) is 0 Å². The van der Waals surface area contributed by atoms with E-state index in [4.69, 9.17) is 12.2 Å². The Balaban J connectivity index is 2.03. The molecule has 0 saturated carbocycles. The number of nitrogens with zero attached hydrogens (tertiary/aromatic N) is 1. The number of thioether (sulfide) groups is 1. The van der Waals surface area contributed by atoms with E-state index in [0.717, 1.165) is 16.6 Å². The van der Waals surface area contributed by atoms with Gasteiger partial charge in [0.25, 0.3) is 0 Å². The molecule has 0 radical (unpaired) electrons. The Bertz CT molecular complexity index is 262. The van der Waals surface area contributed by atoms with Gasteiger partial charge >= 0.3 is 0 Å². The second-order valence-electron chi connectivity index (χ2n) is 3.69. The Labute approximate surface area is 88.7 Å². The molecule has 0 aromatic carbocycles. The van der Waals surface area contributed by atoms with Crippen LogP contribution in [0.1, 0.15) is 6.92 Å². The Morgan fingerprint density at radius 2 is 2.46 bits per heavy atom. The quantitative estimate of drug-likeness (QED) is 0.521. The van der Waals surface area contributed by atoms with Crippen LogP contribution in [0.25, 0.3) is 0 Å². The molecule has 2 rings (SSSR count). The summed E-state index contributed by atoms with van der Waals surface area (Å²) in [4.78, 5) is 2.35. The molecule has 2 nitrogen and oxygen atoms in total. The monoisotopic (exact) mass is 214 g/mol. The molecule has 0 aromatic heterocycles. The summed E-state index contributed by atoms with van der Waals surface area (Å²) in [6.07, 6.45) is 2.35. The lowest BCUT2D eigenvalue weighted by atomic mass is 10.1. The molecule has 4 heteroatoms. The van der Waals surface area contributed by atoms with Gasteiger partial charge in [-0.25, -0.2) is 0 Å². The number of hydrogen-bond donors (Lipinski definition) is 1. The van der Waals surface area contributed by atoms with Gasteiger partial charge in [-0.15, -0.1) is 0 Å². The molecule has 2 aliphatic heterocycles. The lowest BCUT2D eigenvalue weighted by Crippen LogP contribution is -2.30. The Morgan fingerprint density at radius 3 is 2.92 bits per heavy atom. The van der Waals surface area contributed by atoms with Gasteiger partial charge in [0.2, 0.25) is 0 Å². The van der Waals surface area contributed by atoms with E-state index in [2.05, 4.69) is 30.3 Å². The minimum absolute atomic E-state index is 0.491. The van der Waals surface area contributed by atoms with Crippen LogP contribution in [0, 0.1) is 0 Å². The lowest BCUT2D eigenvalue weighted by Gasteiger charge is -2.15. The van der Waals surface area contributed by atoms with Crippen molar-refractivity contribution in [3.8, 4) is 0 Å². The van der Waals surface area contributed by atoms with Gasteiger partial charge < -0.3 is 5.32 Å². The van der Waals surface area contributed by atoms with Crippen LogP contribution in [0.15, 0.2) is 11.6 Å². The van der Waals surface area contributed by atoms with Gasteiger partial charge in [0.15, 0.2) is 0 Å². The molecule has 0 amide bonds. The van der Waals surface area contributed by atoms with Crippen LogP contribution in [0.5, 0.6) is 0 Å². The van der Waals surface area contributed by atoms with Crippen LogP contribution in [0.2, 0.25) is 0 Å². The molecule has 2 heterocycles. The molecule has 2 aliphatic rings. The molecule has 0 bridgehead atoms. The molecule has 0 aromatic rings. The van der Waals surface area contributed by atoms with E-state index in [1.807, 2.05) is 0 Å². The smallest absolute Gasteiger partial charge is 0.134 e. The number of hydrogen-bond acceptors (Lipinski definition) is 3. The molecular formula is C9H14N2S2. The van der Waals surface area contributed by atoms with Crippen molar-refractivity contribution in [2.45, 2.75) is 19.0 Å². The van der Waals surface area contributed by atoms with Crippen molar-refractivity contribution in [2.24, 2.45) is 0 Å². The van der Waals surface area contributed by atoms with Crippen molar-refractivity contribution in [1.29, 1.82) is 0 Å². The molecule has 1 saturated heterocycles. The zero-order valence-electron chi connectivity index (χ0n) is 7.91. The third kappa shape index (κ3) is 1.90. The lowest BCUT2D eigenvalue weighted by molar-refractivity contribution is 0.345. The van der Waals surface area contributed by atoms with Crippen LogP contribution in [-0.4, -0.2) is 40.6 Å². The van der Waals surface area contributed by atoms with E-state index in [0.29, 0.717) is 12.1 Å². The first-order chi connectivity index (χ1) is 6.16. The standard InChI is InChI=1S/C9H14N2S2/c1-6-3-7(4-11(6)2)8-5-13-9(12)10-8/h3,6,8H,4-5H2,1-2H3,(H,10,12)/t6-,8?/m0/s1. The average molecular weight is 214 g/mol. The second-order valence-corrected chi connectivity index (χ2v) is 5.39. The van der Waals surface area contributed by atoms with E-state index < -0.39 is 0 Å². The van der Waals surface area contributed by atoms with Crippen molar-refractivity contribution in [2.75, 3.05) is 19.3 Å². The fourth-order valence-electron chi connectivity index (χ4n) is 1.73. The van der Waals surface area contributed by atoms with Gasteiger partial charge in [-0.3, -0.25) is 4.90 Å². The number of nitrogens with one attached hydrogen (secondary N) is 1. The molecule has 13 heavy (non-hydrogen) atoms. The predicted octanol–water partition coefficient (Wildman–Crippen LogP) is 1.24. The van der Waals surface area contributed by atoms with E-state index in [1.165, 1.54) is 5.57 Å². The van der Waals surface area contributed by atoms with Crippen LogP contribution in [-0.2, 0) is 0 Å². The fraction of sp³-hybridized carbons (Fsp3) is 0.667. The second kappa shape index (κ2) is 3.59. The van der Waals surface area contributed by atoms with Crippen LogP contribution in [0.3, 0.4) is 0 Å². The predicted molar refractivity (Wildman–Crippen MR) is 62.2 cm³/mol. The summed E-state index contributed by atoms with van der Waals surface area (Å²) >= 11 is 6.86. The largest absolute Gasteiger partial charge is 0.364 e. The van der Waals surface area contributed by atoms with Gasteiger partial charge in [-0.1, -0.05) is 30.1 Å².